The Morgan fingerprint density at radius 2 is 1.09 bits per heavy atom. The molecule has 4 saturated carbocycles. The molecule has 4 nitrogen and oxygen atoms in total. The van der Waals surface area contributed by atoms with Crippen molar-refractivity contribution in [3.05, 3.63) is 0 Å². The van der Waals surface area contributed by atoms with Crippen LogP contribution in [0.5, 0.6) is 0 Å². The molecule has 0 bridgehead atoms. The molecule has 0 N–H and O–H groups in total. The van der Waals surface area contributed by atoms with Gasteiger partial charge >= 0.3 is 0 Å². The second-order valence-corrected chi connectivity index (χ2v) is 16.2. The Morgan fingerprint density at radius 1 is 0.568 bits per heavy atom. The summed E-state index contributed by atoms with van der Waals surface area (Å²) >= 11 is 0. The van der Waals surface area contributed by atoms with Gasteiger partial charge in [-0.05, 0) is 138 Å². The van der Waals surface area contributed by atoms with Gasteiger partial charge in [-0.1, -0.05) is 78.6 Å². The van der Waals surface area contributed by atoms with E-state index < -0.39 is 0 Å². The van der Waals surface area contributed by atoms with Crippen molar-refractivity contribution >= 4 is 0 Å². The zero-order chi connectivity index (χ0) is 30.7. The molecule has 4 aliphatic carbocycles. The average Bonchev–Trinajstić information content (AvgIpc) is 3.07. The van der Waals surface area contributed by atoms with Crippen LogP contribution in [0.4, 0.5) is 0 Å². The van der Waals surface area contributed by atoms with Crippen LogP contribution >= 0.6 is 0 Å². The normalized spacial score (nSPS) is 40.6. The first-order valence-electron chi connectivity index (χ1n) is 20.1. The fraction of sp³-hybridized carbons (Fsp3) is 1.00. The summed E-state index contributed by atoms with van der Waals surface area (Å²) in [5, 5.41) is 0. The van der Waals surface area contributed by atoms with Gasteiger partial charge in [0.05, 0.1) is 0 Å². The van der Waals surface area contributed by atoms with Crippen molar-refractivity contribution in [1.29, 1.82) is 0 Å². The molecule has 1 aliphatic heterocycles. The van der Waals surface area contributed by atoms with E-state index in [2.05, 4.69) is 20.8 Å². The standard InChI is InChI=1S/C40H72O4/c1-4-7-29-41-31-43-39(25-21-36(22-26-39)34-17-13-32(10-5-2)14-18-34)40(44-38-12-8-9-30-42-38)27-23-37(24-28-40)35-19-15-33(11-6-3)16-20-35/h32-38H,4-31H2,1-3H3. The van der Waals surface area contributed by atoms with Gasteiger partial charge in [0.1, 0.15) is 18.0 Å². The van der Waals surface area contributed by atoms with Crippen LogP contribution in [0.2, 0.25) is 0 Å². The Morgan fingerprint density at radius 3 is 1.57 bits per heavy atom. The van der Waals surface area contributed by atoms with E-state index in [0.717, 1.165) is 87.2 Å². The lowest BCUT2D eigenvalue weighted by Crippen LogP contribution is -2.62. The Hall–Kier alpha value is -0.160. The first-order valence-corrected chi connectivity index (χ1v) is 20.1. The molecular formula is C40H72O4. The number of hydrogen-bond acceptors (Lipinski definition) is 4. The Bertz CT molecular complexity index is 760. The van der Waals surface area contributed by atoms with Crippen molar-refractivity contribution in [1.82, 2.24) is 0 Å². The molecular weight excluding hydrogens is 544 g/mol. The molecule has 0 aromatic rings. The van der Waals surface area contributed by atoms with Gasteiger partial charge in [0.25, 0.3) is 0 Å². The van der Waals surface area contributed by atoms with Crippen molar-refractivity contribution in [2.45, 2.75) is 199 Å². The van der Waals surface area contributed by atoms with Gasteiger partial charge in [0.2, 0.25) is 0 Å². The van der Waals surface area contributed by atoms with Crippen molar-refractivity contribution in [2.24, 2.45) is 35.5 Å². The van der Waals surface area contributed by atoms with Crippen molar-refractivity contribution in [2.75, 3.05) is 20.0 Å². The van der Waals surface area contributed by atoms with E-state index in [1.807, 2.05) is 0 Å². The summed E-state index contributed by atoms with van der Waals surface area (Å²) in [6.45, 7) is 9.04. The van der Waals surface area contributed by atoms with Gasteiger partial charge in [0.15, 0.2) is 6.29 Å². The van der Waals surface area contributed by atoms with Gasteiger partial charge in [-0.3, -0.25) is 0 Å². The van der Waals surface area contributed by atoms with E-state index in [9.17, 15) is 0 Å². The summed E-state index contributed by atoms with van der Waals surface area (Å²) in [6, 6.07) is 0. The minimum atomic E-state index is -0.236. The summed E-state index contributed by atoms with van der Waals surface area (Å²) in [7, 11) is 0. The van der Waals surface area contributed by atoms with E-state index in [1.165, 1.54) is 122 Å². The summed E-state index contributed by atoms with van der Waals surface area (Å²) < 4.78 is 26.9. The predicted octanol–water partition coefficient (Wildman–Crippen LogP) is 11.4. The van der Waals surface area contributed by atoms with Crippen LogP contribution < -0.4 is 0 Å². The van der Waals surface area contributed by atoms with E-state index >= 15 is 0 Å². The highest BCUT2D eigenvalue weighted by Gasteiger charge is 2.58. The largest absolute Gasteiger partial charge is 0.355 e. The summed E-state index contributed by atoms with van der Waals surface area (Å²) in [4.78, 5) is 0. The lowest BCUT2D eigenvalue weighted by Gasteiger charge is -2.57. The third-order valence-corrected chi connectivity index (χ3v) is 13.6. The molecule has 44 heavy (non-hydrogen) atoms. The predicted molar refractivity (Wildman–Crippen MR) is 182 cm³/mol. The van der Waals surface area contributed by atoms with Crippen molar-refractivity contribution in [3.63, 3.8) is 0 Å². The van der Waals surface area contributed by atoms with Gasteiger partial charge in [-0.15, -0.1) is 0 Å². The SMILES string of the molecule is CCCCOCOC1(C2(OC3CCCCO3)CCC(C3CCC(CCC)CC3)CC2)CCC(C2CCC(CCC)CC2)CC1. The van der Waals surface area contributed by atoms with Crippen LogP contribution in [-0.4, -0.2) is 37.5 Å². The fourth-order valence-corrected chi connectivity index (χ4v) is 10.8. The molecule has 5 aliphatic rings. The third-order valence-electron chi connectivity index (χ3n) is 13.6. The first kappa shape index (κ1) is 35.2. The van der Waals surface area contributed by atoms with E-state index in [4.69, 9.17) is 18.9 Å². The quantitative estimate of drug-likeness (QED) is 0.135. The molecule has 0 radical (unpaired) electrons. The van der Waals surface area contributed by atoms with Gasteiger partial charge < -0.3 is 18.9 Å². The second kappa shape index (κ2) is 17.8. The minimum absolute atomic E-state index is 0.0576. The van der Waals surface area contributed by atoms with Crippen molar-refractivity contribution in [3.8, 4) is 0 Å². The van der Waals surface area contributed by atoms with Crippen LogP contribution in [-0.2, 0) is 18.9 Å². The van der Waals surface area contributed by atoms with Gasteiger partial charge in [0, 0.05) is 13.2 Å². The molecule has 1 heterocycles. The van der Waals surface area contributed by atoms with Crippen LogP contribution in [0.25, 0.3) is 0 Å². The summed E-state index contributed by atoms with van der Waals surface area (Å²) in [5.74, 6) is 5.58. The van der Waals surface area contributed by atoms with E-state index in [-0.39, 0.29) is 17.5 Å². The molecule has 0 aromatic carbocycles. The van der Waals surface area contributed by atoms with Crippen LogP contribution in [0, 0.1) is 35.5 Å². The molecule has 1 unspecified atom stereocenters. The Labute approximate surface area is 272 Å². The molecule has 256 valence electrons. The van der Waals surface area contributed by atoms with Gasteiger partial charge in [-0.25, -0.2) is 0 Å². The maximum Gasteiger partial charge on any atom is 0.158 e. The molecule has 0 aromatic heterocycles. The summed E-state index contributed by atoms with van der Waals surface area (Å²) in [5.41, 5.74) is -0.470. The lowest BCUT2D eigenvalue weighted by atomic mass is 9.59. The molecule has 0 spiro atoms. The highest BCUT2D eigenvalue weighted by molar-refractivity contribution is 5.08. The Balaban J connectivity index is 1.28. The zero-order valence-electron chi connectivity index (χ0n) is 29.5. The minimum Gasteiger partial charge on any atom is -0.355 e. The number of ether oxygens (including phenoxy) is 4. The van der Waals surface area contributed by atoms with E-state index in [1.54, 1.807) is 0 Å². The zero-order valence-corrected chi connectivity index (χ0v) is 29.5. The second-order valence-electron chi connectivity index (χ2n) is 16.2. The smallest absolute Gasteiger partial charge is 0.158 e. The molecule has 5 rings (SSSR count). The maximum atomic E-state index is 7.34. The first-order chi connectivity index (χ1) is 21.6. The lowest BCUT2D eigenvalue weighted by molar-refractivity contribution is -0.317. The molecule has 1 atom stereocenters. The van der Waals surface area contributed by atoms with Gasteiger partial charge in [-0.2, -0.15) is 0 Å². The maximum absolute atomic E-state index is 7.34. The molecule has 4 heteroatoms. The number of unbranched alkanes of at least 4 members (excludes halogenated alkanes) is 1. The van der Waals surface area contributed by atoms with E-state index in [0.29, 0.717) is 6.79 Å². The van der Waals surface area contributed by atoms with Crippen LogP contribution in [0.15, 0.2) is 0 Å². The topological polar surface area (TPSA) is 36.9 Å². The molecule has 5 fully saturated rings. The monoisotopic (exact) mass is 617 g/mol. The molecule has 0 amide bonds. The van der Waals surface area contributed by atoms with Crippen molar-refractivity contribution < 1.29 is 18.9 Å². The highest BCUT2D eigenvalue weighted by Crippen LogP contribution is 2.55. The fourth-order valence-electron chi connectivity index (χ4n) is 10.8. The summed E-state index contributed by atoms with van der Waals surface area (Å²) in [6.07, 6.45) is 32.8. The van der Waals surface area contributed by atoms with Crippen LogP contribution in [0.1, 0.15) is 181 Å². The average molecular weight is 617 g/mol. The number of hydrogen-bond donors (Lipinski definition) is 0. The highest BCUT2D eigenvalue weighted by atomic mass is 16.7. The Kier molecular flexibility index (Phi) is 14.3. The van der Waals surface area contributed by atoms with Crippen LogP contribution in [0.3, 0.4) is 0 Å². The molecule has 1 saturated heterocycles. The number of rotatable bonds is 15. The third kappa shape index (κ3) is 9.04.